The Morgan fingerprint density at radius 2 is 2.04 bits per heavy atom. The summed E-state index contributed by atoms with van der Waals surface area (Å²) in [6.07, 6.45) is 1.41. The lowest BCUT2D eigenvalue weighted by Crippen LogP contribution is -2.35. The highest BCUT2D eigenvalue weighted by molar-refractivity contribution is 14.1. The van der Waals surface area contributed by atoms with Gasteiger partial charge in [-0.2, -0.15) is 5.10 Å². The SMILES string of the molecule is Cc1cc(I)ccc1N[C@@H](C)C(=O)N/N=C\c1ccccc1O. The molecule has 0 heterocycles. The van der Waals surface area contributed by atoms with Crippen molar-refractivity contribution in [3.05, 3.63) is 57.2 Å². The van der Waals surface area contributed by atoms with Gasteiger partial charge in [-0.25, -0.2) is 5.43 Å². The fourth-order valence-corrected chi connectivity index (χ4v) is 2.59. The van der Waals surface area contributed by atoms with E-state index in [0.29, 0.717) is 5.56 Å². The smallest absolute Gasteiger partial charge is 0.262 e. The Hall–Kier alpha value is -2.09. The number of nitrogens with zero attached hydrogens (tertiary/aromatic N) is 1. The topological polar surface area (TPSA) is 73.7 Å². The van der Waals surface area contributed by atoms with E-state index in [1.165, 1.54) is 6.21 Å². The molecule has 0 aromatic heterocycles. The maximum Gasteiger partial charge on any atom is 0.262 e. The molecule has 0 aliphatic carbocycles. The molecule has 0 radical (unpaired) electrons. The van der Waals surface area contributed by atoms with Crippen LogP contribution in [0.5, 0.6) is 5.75 Å². The first-order valence-electron chi connectivity index (χ1n) is 7.11. The Labute approximate surface area is 148 Å². The van der Waals surface area contributed by atoms with Crippen molar-refractivity contribution in [2.75, 3.05) is 5.32 Å². The number of anilines is 1. The minimum atomic E-state index is -0.435. The monoisotopic (exact) mass is 423 g/mol. The molecule has 1 atom stereocenters. The minimum Gasteiger partial charge on any atom is -0.507 e. The Morgan fingerprint density at radius 3 is 2.74 bits per heavy atom. The van der Waals surface area contributed by atoms with Crippen LogP contribution >= 0.6 is 22.6 Å². The Morgan fingerprint density at radius 1 is 1.30 bits per heavy atom. The molecule has 2 aromatic carbocycles. The van der Waals surface area contributed by atoms with E-state index in [2.05, 4.69) is 38.4 Å². The lowest BCUT2D eigenvalue weighted by atomic mass is 10.2. The van der Waals surface area contributed by atoms with Crippen LogP contribution in [0.4, 0.5) is 5.69 Å². The molecule has 0 aliphatic rings. The van der Waals surface area contributed by atoms with Crippen molar-refractivity contribution in [3.63, 3.8) is 0 Å². The molecule has 2 rings (SSSR count). The largest absolute Gasteiger partial charge is 0.507 e. The number of para-hydroxylation sites is 1. The van der Waals surface area contributed by atoms with Gasteiger partial charge >= 0.3 is 0 Å². The second-order valence-electron chi connectivity index (χ2n) is 5.12. The van der Waals surface area contributed by atoms with Crippen LogP contribution in [-0.4, -0.2) is 23.3 Å². The number of nitrogens with one attached hydrogen (secondary N) is 2. The lowest BCUT2D eigenvalue weighted by Gasteiger charge is -2.15. The van der Waals surface area contributed by atoms with Gasteiger partial charge in [0.2, 0.25) is 0 Å². The molecule has 0 spiro atoms. The third-order valence-electron chi connectivity index (χ3n) is 3.27. The van der Waals surface area contributed by atoms with Crippen LogP contribution in [0.25, 0.3) is 0 Å². The molecule has 3 N–H and O–H groups in total. The van der Waals surface area contributed by atoms with E-state index < -0.39 is 6.04 Å². The van der Waals surface area contributed by atoms with Gasteiger partial charge in [-0.05, 0) is 72.3 Å². The highest BCUT2D eigenvalue weighted by atomic mass is 127. The van der Waals surface area contributed by atoms with Crippen LogP contribution in [0, 0.1) is 10.5 Å². The van der Waals surface area contributed by atoms with Gasteiger partial charge in [0.15, 0.2) is 0 Å². The van der Waals surface area contributed by atoms with Crippen molar-refractivity contribution in [2.24, 2.45) is 5.10 Å². The van der Waals surface area contributed by atoms with Gasteiger partial charge in [-0.3, -0.25) is 4.79 Å². The number of halogens is 1. The standard InChI is InChI=1S/C17H18IN3O2/c1-11-9-14(18)7-8-15(11)20-12(2)17(23)21-19-10-13-5-3-4-6-16(13)22/h3-10,12,20,22H,1-2H3,(H,21,23)/b19-10-/t12-/m0/s1. The van der Waals surface area contributed by atoms with Gasteiger partial charge in [-0.15, -0.1) is 0 Å². The number of hydrogen-bond donors (Lipinski definition) is 3. The Balaban J connectivity index is 1.94. The van der Waals surface area contributed by atoms with Crippen LogP contribution in [0.15, 0.2) is 47.6 Å². The van der Waals surface area contributed by atoms with Crippen LogP contribution in [-0.2, 0) is 4.79 Å². The van der Waals surface area contributed by atoms with Gasteiger partial charge in [0.05, 0.1) is 6.21 Å². The molecule has 1 amide bonds. The van der Waals surface area contributed by atoms with Crippen LogP contribution in [0.3, 0.4) is 0 Å². The second kappa shape index (κ2) is 7.96. The molecule has 0 fully saturated rings. The van der Waals surface area contributed by atoms with Crippen molar-refractivity contribution in [1.82, 2.24) is 5.43 Å². The number of benzene rings is 2. The highest BCUT2D eigenvalue weighted by Gasteiger charge is 2.12. The molecule has 0 aliphatic heterocycles. The number of rotatable bonds is 5. The molecule has 23 heavy (non-hydrogen) atoms. The average molecular weight is 423 g/mol. The van der Waals surface area contributed by atoms with Gasteiger partial charge in [0.1, 0.15) is 11.8 Å². The second-order valence-corrected chi connectivity index (χ2v) is 6.36. The number of hydrazone groups is 1. The summed E-state index contributed by atoms with van der Waals surface area (Å²) in [7, 11) is 0. The average Bonchev–Trinajstić information content (AvgIpc) is 2.51. The number of carbonyl (C=O) groups excluding carboxylic acids is 1. The molecule has 0 saturated carbocycles. The predicted molar refractivity (Wildman–Crippen MR) is 101 cm³/mol. The van der Waals surface area contributed by atoms with Crippen molar-refractivity contribution < 1.29 is 9.90 Å². The van der Waals surface area contributed by atoms with E-state index in [0.717, 1.165) is 14.8 Å². The van der Waals surface area contributed by atoms with Gasteiger partial charge in [-0.1, -0.05) is 12.1 Å². The summed E-state index contributed by atoms with van der Waals surface area (Å²) >= 11 is 2.25. The molecule has 6 heteroatoms. The summed E-state index contributed by atoms with van der Waals surface area (Å²) < 4.78 is 1.15. The van der Waals surface area contributed by atoms with E-state index in [9.17, 15) is 9.90 Å². The predicted octanol–water partition coefficient (Wildman–Crippen LogP) is 3.26. The van der Waals surface area contributed by atoms with Gasteiger partial charge in [0.25, 0.3) is 5.91 Å². The molecule has 120 valence electrons. The van der Waals surface area contributed by atoms with Crippen LogP contribution in [0.2, 0.25) is 0 Å². The number of phenols is 1. The molecule has 0 saturated heterocycles. The molecular formula is C17H18IN3O2. The van der Waals surface area contributed by atoms with E-state index in [4.69, 9.17) is 0 Å². The highest BCUT2D eigenvalue weighted by Crippen LogP contribution is 2.18. The van der Waals surface area contributed by atoms with E-state index in [1.54, 1.807) is 31.2 Å². The molecule has 0 unspecified atom stereocenters. The third kappa shape index (κ3) is 4.95. The quantitative estimate of drug-likeness (QED) is 0.393. The van der Waals surface area contributed by atoms with Gasteiger partial charge < -0.3 is 10.4 Å². The molecule has 0 bridgehead atoms. The zero-order valence-corrected chi connectivity index (χ0v) is 15.0. The van der Waals surface area contributed by atoms with Gasteiger partial charge in [0, 0.05) is 14.8 Å². The van der Waals surface area contributed by atoms with Crippen molar-refractivity contribution in [1.29, 1.82) is 0 Å². The first kappa shape index (κ1) is 17.3. The summed E-state index contributed by atoms with van der Waals surface area (Å²) in [6, 6.07) is 12.3. The van der Waals surface area contributed by atoms with E-state index in [-0.39, 0.29) is 11.7 Å². The number of amides is 1. The summed E-state index contributed by atoms with van der Waals surface area (Å²) in [5, 5.41) is 16.7. The zero-order valence-electron chi connectivity index (χ0n) is 12.9. The fourth-order valence-electron chi connectivity index (χ4n) is 1.95. The van der Waals surface area contributed by atoms with Crippen molar-refractivity contribution in [3.8, 4) is 5.75 Å². The summed E-state index contributed by atoms with van der Waals surface area (Å²) in [5.74, 6) is -0.138. The van der Waals surface area contributed by atoms with Crippen LogP contribution < -0.4 is 10.7 Å². The fraction of sp³-hybridized carbons (Fsp3) is 0.176. The first-order valence-corrected chi connectivity index (χ1v) is 8.19. The molecule has 5 nitrogen and oxygen atoms in total. The van der Waals surface area contributed by atoms with E-state index in [1.807, 2.05) is 25.1 Å². The summed E-state index contributed by atoms with van der Waals surface area (Å²) in [5.41, 5.74) is 5.00. The number of carbonyl (C=O) groups is 1. The van der Waals surface area contributed by atoms with Crippen molar-refractivity contribution >= 4 is 40.4 Å². The number of hydrogen-bond acceptors (Lipinski definition) is 4. The normalized spacial score (nSPS) is 12.1. The zero-order chi connectivity index (χ0) is 16.8. The number of aryl methyl sites for hydroxylation is 1. The maximum atomic E-state index is 12.0. The summed E-state index contributed by atoms with van der Waals surface area (Å²) in [4.78, 5) is 12.0. The molecule has 2 aromatic rings. The maximum absolute atomic E-state index is 12.0. The van der Waals surface area contributed by atoms with E-state index >= 15 is 0 Å². The minimum absolute atomic E-state index is 0.117. The first-order chi connectivity index (χ1) is 11.0. The van der Waals surface area contributed by atoms with Crippen molar-refractivity contribution in [2.45, 2.75) is 19.9 Å². The number of aromatic hydroxyl groups is 1. The van der Waals surface area contributed by atoms with Crippen LogP contribution in [0.1, 0.15) is 18.1 Å². The number of phenolic OH excluding ortho intramolecular Hbond substituents is 1. The Bertz CT molecular complexity index is 732. The molecular weight excluding hydrogens is 405 g/mol. The lowest BCUT2D eigenvalue weighted by molar-refractivity contribution is -0.121. The Kier molecular flexibility index (Phi) is 5.97. The third-order valence-corrected chi connectivity index (χ3v) is 3.94. The summed E-state index contributed by atoms with van der Waals surface area (Å²) in [6.45, 7) is 3.76.